The van der Waals surface area contributed by atoms with Crippen molar-refractivity contribution in [3.8, 4) is 33.4 Å². The Bertz CT molecular complexity index is 3180. The van der Waals surface area contributed by atoms with Crippen molar-refractivity contribution in [1.82, 2.24) is 0 Å². The van der Waals surface area contributed by atoms with Gasteiger partial charge in [0, 0.05) is 27.5 Å². The molecule has 0 saturated carbocycles. The lowest BCUT2D eigenvalue weighted by Crippen LogP contribution is -2.10. The summed E-state index contributed by atoms with van der Waals surface area (Å²) in [4.78, 5) is 2.37. The number of hydrogen-bond donors (Lipinski definition) is 0. The Morgan fingerprint density at radius 2 is 0.800 bits per heavy atom. The molecule has 3 nitrogen and oxygen atoms in total. The molecule has 9 aromatic carbocycles. The number of furan rings is 2. The second-order valence-corrected chi connectivity index (χ2v) is 14.1. The van der Waals surface area contributed by atoms with Gasteiger partial charge in [-0.15, -0.1) is 0 Å². The molecule has 0 atom stereocenters. The first-order chi connectivity index (χ1) is 27.3. The maximum absolute atomic E-state index is 6.48. The van der Waals surface area contributed by atoms with Gasteiger partial charge in [-0.3, -0.25) is 0 Å². The van der Waals surface area contributed by atoms with Gasteiger partial charge >= 0.3 is 0 Å². The van der Waals surface area contributed by atoms with Crippen molar-refractivity contribution in [2.24, 2.45) is 0 Å². The van der Waals surface area contributed by atoms with E-state index in [0.29, 0.717) is 0 Å². The highest BCUT2D eigenvalue weighted by Crippen LogP contribution is 2.46. The molecule has 0 radical (unpaired) electrons. The summed E-state index contributed by atoms with van der Waals surface area (Å²) >= 11 is 0. The molecule has 0 bridgehead atoms. The molecular formula is C52H33NO2. The van der Waals surface area contributed by atoms with E-state index in [1.807, 2.05) is 18.2 Å². The summed E-state index contributed by atoms with van der Waals surface area (Å²) in [5, 5.41) is 6.74. The van der Waals surface area contributed by atoms with E-state index in [9.17, 15) is 0 Å². The van der Waals surface area contributed by atoms with Crippen LogP contribution in [0.3, 0.4) is 0 Å². The van der Waals surface area contributed by atoms with Crippen molar-refractivity contribution < 1.29 is 8.83 Å². The largest absolute Gasteiger partial charge is 0.456 e. The van der Waals surface area contributed by atoms with E-state index in [2.05, 4.69) is 187 Å². The zero-order valence-electron chi connectivity index (χ0n) is 29.8. The lowest BCUT2D eigenvalue weighted by Gasteiger charge is -2.27. The average Bonchev–Trinajstić information content (AvgIpc) is 3.83. The molecule has 2 heterocycles. The van der Waals surface area contributed by atoms with Crippen LogP contribution >= 0.6 is 0 Å². The van der Waals surface area contributed by atoms with Crippen molar-refractivity contribution in [3.63, 3.8) is 0 Å². The number of anilines is 3. The Morgan fingerprint density at radius 1 is 0.291 bits per heavy atom. The van der Waals surface area contributed by atoms with Gasteiger partial charge in [-0.05, 0) is 98.8 Å². The normalized spacial score (nSPS) is 11.6. The van der Waals surface area contributed by atoms with Crippen LogP contribution in [0, 0.1) is 0 Å². The van der Waals surface area contributed by atoms with Crippen LogP contribution in [0.5, 0.6) is 0 Å². The third kappa shape index (κ3) is 5.20. The van der Waals surface area contributed by atoms with Crippen molar-refractivity contribution >= 4 is 71.7 Å². The molecule has 0 aliphatic carbocycles. The predicted octanol–water partition coefficient (Wildman–Crippen LogP) is 15.1. The fourth-order valence-corrected chi connectivity index (χ4v) is 8.28. The highest BCUT2D eigenvalue weighted by molar-refractivity contribution is 6.23. The summed E-state index contributed by atoms with van der Waals surface area (Å²) in [6, 6.07) is 71.0. The van der Waals surface area contributed by atoms with Crippen LogP contribution in [-0.4, -0.2) is 0 Å². The minimum absolute atomic E-state index is 0.858. The molecule has 258 valence electrons. The van der Waals surface area contributed by atoms with Gasteiger partial charge in [-0.2, -0.15) is 0 Å². The van der Waals surface area contributed by atoms with Crippen LogP contribution in [0.4, 0.5) is 17.1 Å². The van der Waals surface area contributed by atoms with Gasteiger partial charge in [0.1, 0.15) is 22.3 Å². The third-order valence-electron chi connectivity index (χ3n) is 10.9. The van der Waals surface area contributed by atoms with Crippen molar-refractivity contribution in [1.29, 1.82) is 0 Å². The Hall–Kier alpha value is -7.36. The number of fused-ring (bicyclic) bond motifs is 8. The van der Waals surface area contributed by atoms with Crippen molar-refractivity contribution in [2.75, 3.05) is 4.90 Å². The van der Waals surface area contributed by atoms with Crippen LogP contribution in [-0.2, 0) is 0 Å². The zero-order chi connectivity index (χ0) is 36.3. The fourth-order valence-electron chi connectivity index (χ4n) is 8.28. The third-order valence-corrected chi connectivity index (χ3v) is 10.9. The summed E-state index contributed by atoms with van der Waals surface area (Å²) in [5.41, 5.74) is 13.7. The van der Waals surface area contributed by atoms with Gasteiger partial charge in [-0.25, -0.2) is 0 Å². The van der Waals surface area contributed by atoms with Crippen LogP contribution in [0.25, 0.3) is 88.0 Å². The minimum atomic E-state index is 0.858. The average molecular weight is 704 g/mol. The standard InChI is InChI=1S/C52H33NO2/c1-3-12-34(13-4-1)35-22-24-36(25-23-35)37-26-28-39(29-27-37)53(46-18-11-21-49-52(46)43-17-8-10-20-48(43)54-49)40-30-31-41-45(32-40)44(38-14-5-2-6-15-38)33-50-51(41)42-16-7-9-19-47(42)55-50/h1-33H. The quantitative estimate of drug-likeness (QED) is 0.173. The number of nitrogens with zero attached hydrogens (tertiary/aromatic N) is 1. The second-order valence-electron chi connectivity index (χ2n) is 14.1. The minimum Gasteiger partial charge on any atom is -0.456 e. The molecular weight excluding hydrogens is 671 g/mol. The lowest BCUT2D eigenvalue weighted by atomic mass is 9.94. The van der Waals surface area contributed by atoms with Gasteiger partial charge in [0.2, 0.25) is 0 Å². The highest BCUT2D eigenvalue weighted by Gasteiger charge is 2.22. The van der Waals surface area contributed by atoms with E-state index in [1.165, 1.54) is 16.7 Å². The molecule has 3 heteroatoms. The fraction of sp³-hybridized carbons (Fsp3) is 0. The number of benzene rings is 9. The molecule has 11 aromatic rings. The van der Waals surface area contributed by atoms with Gasteiger partial charge in [0.05, 0.1) is 11.1 Å². The molecule has 0 spiro atoms. The highest BCUT2D eigenvalue weighted by atomic mass is 16.3. The number of para-hydroxylation sites is 2. The predicted molar refractivity (Wildman–Crippen MR) is 229 cm³/mol. The van der Waals surface area contributed by atoms with E-state index < -0.39 is 0 Å². The van der Waals surface area contributed by atoms with Crippen LogP contribution in [0.15, 0.2) is 209 Å². The van der Waals surface area contributed by atoms with E-state index >= 15 is 0 Å². The van der Waals surface area contributed by atoms with Crippen LogP contribution < -0.4 is 4.90 Å². The number of rotatable bonds is 6. The molecule has 0 fully saturated rings. The molecule has 0 aliphatic rings. The van der Waals surface area contributed by atoms with Crippen LogP contribution in [0.2, 0.25) is 0 Å². The SMILES string of the molecule is c1ccc(-c2ccc(-c3ccc(N(c4ccc5c(c4)c(-c4ccccc4)cc4oc6ccccc6c45)c4cccc5oc6ccccc6c45)cc3)cc2)cc1. The number of hydrogen-bond acceptors (Lipinski definition) is 3. The second kappa shape index (κ2) is 12.6. The van der Waals surface area contributed by atoms with Crippen molar-refractivity contribution in [2.45, 2.75) is 0 Å². The Morgan fingerprint density at radius 3 is 1.47 bits per heavy atom. The monoisotopic (exact) mass is 703 g/mol. The first-order valence-electron chi connectivity index (χ1n) is 18.7. The summed E-state index contributed by atoms with van der Waals surface area (Å²) in [6.07, 6.45) is 0. The van der Waals surface area contributed by atoms with E-state index in [-0.39, 0.29) is 0 Å². The molecule has 0 aliphatic heterocycles. The Balaban J connectivity index is 1.12. The topological polar surface area (TPSA) is 29.5 Å². The van der Waals surface area contributed by atoms with E-state index in [4.69, 9.17) is 8.83 Å². The molecule has 55 heavy (non-hydrogen) atoms. The smallest absolute Gasteiger partial charge is 0.137 e. The van der Waals surface area contributed by atoms with E-state index in [1.54, 1.807) is 0 Å². The van der Waals surface area contributed by atoms with Gasteiger partial charge in [0.25, 0.3) is 0 Å². The van der Waals surface area contributed by atoms with Crippen LogP contribution in [0.1, 0.15) is 0 Å². The first-order valence-corrected chi connectivity index (χ1v) is 18.7. The molecule has 11 rings (SSSR count). The summed E-state index contributed by atoms with van der Waals surface area (Å²) in [6.45, 7) is 0. The van der Waals surface area contributed by atoms with Gasteiger partial charge < -0.3 is 13.7 Å². The molecule has 2 aromatic heterocycles. The molecule has 0 unspecified atom stereocenters. The molecule has 0 amide bonds. The zero-order valence-corrected chi connectivity index (χ0v) is 29.8. The summed E-state index contributed by atoms with van der Waals surface area (Å²) in [5.74, 6) is 0. The maximum atomic E-state index is 6.48. The Kier molecular flexibility index (Phi) is 7.17. The maximum Gasteiger partial charge on any atom is 0.137 e. The summed E-state index contributed by atoms with van der Waals surface area (Å²) < 4.78 is 12.9. The summed E-state index contributed by atoms with van der Waals surface area (Å²) in [7, 11) is 0. The van der Waals surface area contributed by atoms with E-state index in [0.717, 1.165) is 88.4 Å². The lowest BCUT2D eigenvalue weighted by molar-refractivity contribution is 0.668. The van der Waals surface area contributed by atoms with Gasteiger partial charge in [0.15, 0.2) is 0 Å². The molecule has 0 saturated heterocycles. The van der Waals surface area contributed by atoms with Crippen molar-refractivity contribution in [3.05, 3.63) is 200 Å². The van der Waals surface area contributed by atoms with Gasteiger partial charge in [-0.1, -0.05) is 146 Å². The Labute approximate surface area is 317 Å². The first kappa shape index (κ1) is 31.2. The molecule has 0 N–H and O–H groups in total.